The maximum Gasteiger partial charge on any atom is 0.257 e. The van der Waals surface area contributed by atoms with Crippen LogP contribution in [0.3, 0.4) is 0 Å². The number of amides is 1. The zero-order valence-corrected chi connectivity index (χ0v) is 12.6. The smallest absolute Gasteiger partial charge is 0.257 e. The third-order valence-corrected chi connectivity index (χ3v) is 4.32. The quantitative estimate of drug-likeness (QED) is 0.905. The molecule has 3 nitrogen and oxygen atoms in total. The highest BCUT2D eigenvalue weighted by Crippen LogP contribution is 2.29. The molecule has 1 heterocycles. The van der Waals surface area contributed by atoms with Gasteiger partial charge in [-0.25, -0.2) is 13.8 Å². The van der Waals surface area contributed by atoms with E-state index in [2.05, 4.69) is 10.3 Å². The van der Waals surface area contributed by atoms with Crippen molar-refractivity contribution in [3.63, 3.8) is 0 Å². The summed E-state index contributed by atoms with van der Waals surface area (Å²) in [6.45, 7) is 0. The highest BCUT2D eigenvalue weighted by Gasteiger charge is 2.17. The van der Waals surface area contributed by atoms with E-state index in [-0.39, 0.29) is 18.0 Å². The molecule has 1 aliphatic carbocycles. The van der Waals surface area contributed by atoms with Crippen LogP contribution in [0, 0.1) is 11.6 Å². The van der Waals surface area contributed by atoms with Gasteiger partial charge < -0.3 is 0 Å². The van der Waals surface area contributed by atoms with Crippen LogP contribution >= 0.6 is 23.7 Å². The second kappa shape index (κ2) is 6.49. The molecule has 0 bridgehead atoms. The molecule has 1 aliphatic rings. The first-order chi connectivity index (χ1) is 9.63. The molecular formula is C14H13ClF2N2OS. The fourth-order valence-corrected chi connectivity index (χ4v) is 3.26. The molecule has 7 heteroatoms. The largest absolute Gasteiger partial charge is 0.298 e. The molecule has 0 saturated heterocycles. The number of hydrogen-bond donors (Lipinski definition) is 1. The zero-order valence-electron chi connectivity index (χ0n) is 11.0. The van der Waals surface area contributed by atoms with Crippen molar-refractivity contribution in [2.75, 3.05) is 5.32 Å². The molecule has 3 rings (SSSR count). The summed E-state index contributed by atoms with van der Waals surface area (Å²) >= 11 is 1.45. The molecule has 21 heavy (non-hydrogen) atoms. The lowest BCUT2D eigenvalue weighted by molar-refractivity contribution is 0.102. The van der Waals surface area contributed by atoms with Crippen LogP contribution in [0.2, 0.25) is 0 Å². The van der Waals surface area contributed by atoms with Crippen LogP contribution in [0.1, 0.15) is 33.8 Å². The number of hydrogen-bond acceptors (Lipinski definition) is 3. The molecule has 1 aromatic heterocycles. The summed E-state index contributed by atoms with van der Waals surface area (Å²) in [5.41, 5.74) is 1.12. The van der Waals surface area contributed by atoms with Crippen molar-refractivity contribution >= 4 is 34.8 Å². The normalized spacial score (nSPS) is 13.2. The molecule has 1 amide bonds. The molecule has 0 unspecified atom stereocenters. The van der Waals surface area contributed by atoms with Crippen LogP contribution in [0.15, 0.2) is 18.2 Å². The van der Waals surface area contributed by atoms with Gasteiger partial charge in [-0.05, 0) is 43.9 Å². The number of anilines is 1. The minimum Gasteiger partial charge on any atom is -0.298 e. The fourth-order valence-electron chi connectivity index (χ4n) is 2.21. The van der Waals surface area contributed by atoms with Gasteiger partial charge in [-0.1, -0.05) is 0 Å². The monoisotopic (exact) mass is 330 g/mol. The van der Waals surface area contributed by atoms with Crippen LogP contribution in [0.25, 0.3) is 0 Å². The van der Waals surface area contributed by atoms with Crippen LogP contribution in [0.5, 0.6) is 0 Å². The number of nitrogens with one attached hydrogen (secondary N) is 1. The average Bonchev–Trinajstić information content (AvgIpc) is 2.83. The first-order valence-electron chi connectivity index (χ1n) is 6.38. The van der Waals surface area contributed by atoms with Crippen molar-refractivity contribution < 1.29 is 13.6 Å². The van der Waals surface area contributed by atoms with Gasteiger partial charge in [0.25, 0.3) is 5.91 Å². The molecule has 2 aromatic rings. The van der Waals surface area contributed by atoms with Crippen molar-refractivity contribution in [3.8, 4) is 0 Å². The Balaban J connectivity index is 0.00000161. The molecule has 0 aliphatic heterocycles. The number of carbonyl (C=O) groups excluding carboxylic acids is 1. The molecule has 0 radical (unpaired) electrons. The van der Waals surface area contributed by atoms with E-state index in [1.807, 2.05) is 0 Å². The maximum atomic E-state index is 13.1. The van der Waals surface area contributed by atoms with E-state index in [0.29, 0.717) is 5.13 Å². The number of thiazole rings is 1. The number of nitrogens with zero attached hydrogens (tertiary/aromatic N) is 1. The van der Waals surface area contributed by atoms with E-state index in [4.69, 9.17) is 0 Å². The van der Waals surface area contributed by atoms with E-state index in [9.17, 15) is 13.6 Å². The fraction of sp³-hybridized carbons (Fsp3) is 0.286. The topological polar surface area (TPSA) is 42.0 Å². The molecule has 1 N–H and O–H groups in total. The van der Waals surface area contributed by atoms with Gasteiger partial charge in [0.2, 0.25) is 0 Å². The number of rotatable bonds is 2. The van der Waals surface area contributed by atoms with Crippen molar-refractivity contribution in [2.24, 2.45) is 0 Å². The minimum absolute atomic E-state index is 0. The van der Waals surface area contributed by atoms with Gasteiger partial charge in [-0.2, -0.15) is 0 Å². The lowest BCUT2D eigenvalue weighted by Crippen LogP contribution is -2.12. The number of fused-ring (bicyclic) bond motifs is 1. The van der Waals surface area contributed by atoms with Gasteiger partial charge in [-0.15, -0.1) is 23.7 Å². The van der Waals surface area contributed by atoms with Gasteiger partial charge in [0.1, 0.15) is 0 Å². The number of benzene rings is 1. The standard InChI is InChI=1S/C14H12F2N2OS.ClH/c15-9-6-5-8(7-10(9)16)13(19)18-14-17-11-3-1-2-4-12(11)20-14;/h5-7H,1-4H2,(H,17,18,19);1H. The lowest BCUT2D eigenvalue weighted by atomic mass is 10.0. The number of halogens is 3. The van der Waals surface area contributed by atoms with Gasteiger partial charge >= 0.3 is 0 Å². The first-order valence-corrected chi connectivity index (χ1v) is 7.20. The first kappa shape index (κ1) is 15.9. The summed E-state index contributed by atoms with van der Waals surface area (Å²) in [6, 6.07) is 3.08. The predicted molar refractivity (Wildman–Crippen MR) is 80.3 cm³/mol. The van der Waals surface area contributed by atoms with Crippen LogP contribution < -0.4 is 5.32 Å². The van der Waals surface area contributed by atoms with Gasteiger partial charge in [0.05, 0.1) is 5.69 Å². The Kier molecular flexibility index (Phi) is 4.90. The molecular weight excluding hydrogens is 318 g/mol. The summed E-state index contributed by atoms with van der Waals surface area (Å²) in [5, 5.41) is 3.16. The van der Waals surface area contributed by atoms with Crippen LogP contribution in [-0.4, -0.2) is 10.9 Å². The molecule has 0 spiro atoms. The Hall–Kier alpha value is -1.53. The Labute approximate surface area is 130 Å². The van der Waals surface area contributed by atoms with Crippen molar-refractivity contribution in [1.29, 1.82) is 0 Å². The third kappa shape index (κ3) is 3.39. The predicted octanol–water partition coefficient (Wildman–Crippen LogP) is 3.97. The molecule has 0 fully saturated rings. The summed E-state index contributed by atoms with van der Waals surface area (Å²) in [4.78, 5) is 17.5. The maximum absolute atomic E-state index is 13.1. The highest BCUT2D eigenvalue weighted by molar-refractivity contribution is 7.15. The molecule has 1 aromatic carbocycles. The van der Waals surface area contributed by atoms with Crippen molar-refractivity contribution in [3.05, 3.63) is 46.0 Å². The van der Waals surface area contributed by atoms with E-state index in [1.54, 1.807) is 0 Å². The van der Waals surface area contributed by atoms with E-state index >= 15 is 0 Å². The summed E-state index contributed by atoms with van der Waals surface area (Å²) < 4.78 is 25.9. The Morgan fingerprint density at radius 1 is 1.19 bits per heavy atom. The van der Waals surface area contributed by atoms with Crippen molar-refractivity contribution in [1.82, 2.24) is 4.98 Å². The molecule has 0 saturated carbocycles. The van der Waals surface area contributed by atoms with Gasteiger partial charge in [0.15, 0.2) is 16.8 Å². The Morgan fingerprint density at radius 2 is 1.95 bits per heavy atom. The zero-order chi connectivity index (χ0) is 14.1. The second-order valence-corrected chi connectivity index (χ2v) is 5.76. The Bertz CT molecular complexity index is 651. The Morgan fingerprint density at radius 3 is 2.67 bits per heavy atom. The van der Waals surface area contributed by atoms with Gasteiger partial charge in [0, 0.05) is 10.4 Å². The van der Waals surface area contributed by atoms with Crippen molar-refractivity contribution in [2.45, 2.75) is 25.7 Å². The molecule has 0 atom stereocenters. The molecule has 112 valence electrons. The average molecular weight is 331 g/mol. The van der Waals surface area contributed by atoms with E-state index in [1.165, 1.54) is 22.3 Å². The summed E-state index contributed by atoms with van der Waals surface area (Å²) in [5.74, 6) is -2.47. The highest BCUT2D eigenvalue weighted by atomic mass is 35.5. The third-order valence-electron chi connectivity index (χ3n) is 3.25. The number of carbonyl (C=O) groups is 1. The number of aromatic nitrogens is 1. The minimum atomic E-state index is -1.03. The van der Waals surface area contributed by atoms with E-state index in [0.717, 1.165) is 43.5 Å². The SMILES string of the molecule is Cl.O=C(Nc1nc2c(s1)CCCC2)c1ccc(F)c(F)c1. The van der Waals surface area contributed by atoms with Gasteiger partial charge in [-0.3, -0.25) is 10.1 Å². The summed E-state index contributed by atoms with van der Waals surface area (Å²) in [7, 11) is 0. The van der Waals surface area contributed by atoms with Crippen LogP contribution in [0.4, 0.5) is 13.9 Å². The van der Waals surface area contributed by atoms with Crippen LogP contribution in [-0.2, 0) is 12.8 Å². The lowest BCUT2D eigenvalue weighted by Gasteiger charge is -2.06. The van der Waals surface area contributed by atoms with E-state index < -0.39 is 17.5 Å². The summed E-state index contributed by atoms with van der Waals surface area (Å²) in [6.07, 6.45) is 4.19. The number of aryl methyl sites for hydroxylation is 2. The second-order valence-electron chi connectivity index (χ2n) is 4.68.